The van der Waals surface area contributed by atoms with Gasteiger partial charge in [-0.1, -0.05) is 115 Å². The number of phosphoric ester groups is 1. The molecule has 4 N–H and O–H groups in total. The Morgan fingerprint density at radius 3 is 1.84 bits per heavy atom. The zero-order chi connectivity index (χ0) is 33.4. The molecule has 0 fully saturated rings. The van der Waals surface area contributed by atoms with Crippen LogP contribution in [0.5, 0.6) is 0 Å². The van der Waals surface area contributed by atoms with Gasteiger partial charge in [-0.25, -0.2) is 4.57 Å². The Bertz CT molecular complexity index is 821. The van der Waals surface area contributed by atoms with Crippen molar-refractivity contribution in [2.45, 2.75) is 154 Å². The highest BCUT2D eigenvalue weighted by molar-refractivity contribution is 7.47. The smallest absolute Gasteiger partial charge is 0.472 e. The van der Waals surface area contributed by atoms with Gasteiger partial charge in [0.05, 0.1) is 19.8 Å². The van der Waals surface area contributed by atoms with Crippen LogP contribution in [-0.2, 0) is 32.7 Å². The molecule has 0 bridgehead atoms. The summed E-state index contributed by atoms with van der Waals surface area (Å²) < 4.78 is 33.0. The minimum Gasteiger partial charge on any atom is -0.480 e. The second kappa shape index (κ2) is 31.1. The summed E-state index contributed by atoms with van der Waals surface area (Å²) in [5.74, 6) is -1.79. The van der Waals surface area contributed by atoms with E-state index < -0.39 is 45.1 Å². The number of esters is 1. The number of phosphoric acid groups is 1. The first-order valence-corrected chi connectivity index (χ1v) is 18.9. The highest BCUT2D eigenvalue weighted by atomic mass is 31.2. The van der Waals surface area contributed by atoms with Crippen LogP contribution in [0.15, 0.2) is 24.3 Å². The van der Waals surface area contributed by atoms with Crippen LogP contribution < -0.4 is 5.73 Å². The first kappa shape index (κ1) is 43.5. The lowest BCUT2D eigenvalue weighted by molar-refractivity contribution is -0.154. The molecule has 0 heterocycles. The minimum absolute atomic E-state index is 0.0116. The largest absolute Gasteiger partial charge is 0.480 e. The normalized spacial score (nSPS) is 14.6. The Hall–Kier alpha value is -1.55. The summed E-state index contributed by atoms with van der Waals surface area (Å²) in [5, 5.41) is 8.82. The number of carboxylic acids is 1. The van der Waals surface area contributed by atoms with E-state index in [2.05, 4.69) is 42.7 Å². The first-order chi connectivity index (χ1) is 21.7. The molecule has 3 unspecified atom stereocenters. The van der Waals surface area contributed by atoms with Crippen LogP contribution in [0.4, 0.5) is 0 Å². The highest BCUT2D eigenvalue weighted by Gasteiger charge is 2.27. The summed E-state index contributed by atoms with van der Waals surface area (Å²) in [6.45, 7) is 3.75. The van der Waals surface area contributed by atoms with Gasteiger partial charge in [0.25, 0.3) is 0 Å². The Morgan fingerprint density at radius 1 is 0.711 bits per heavy atom. The number of allylic oxidation sites excluding steroid dienone is 4. The predicted octanol–water partition coefficient (Wildman–Crippen LogP) is 8.41. The number of rotatable bonds is 33. The van der Waals surface area contributed by atoms with Gasteiger partial charge in [0.2, 0.25) is 0 Å². The Labute approximate surface area is 273 Å². The number of aliphatic carboxylic acids is 1. The number of ether oxygens (including phenoxy) is 2. The molecule has 0 aromatic rings. The number of hydrogen-bond donors (Lipinski definition) is 3. The Kier molecular flexibility index (Phi) is 30.0. The van der Waals surface area contributed by atoms with Gasteiger partial charge in [-0.05, 0) is 44.9 Å². The molecule has 0 aliphatic rings. The Morgan fingerprint density at radius 2 is 1.22 bits per heavy atom. The third kappa shape index (κ3) is 30.8. The molecule has 3 atom stereocenters. The maximum atomic E-state index is 12.4. The summed E-state index contributed by atoms with van der Waals surface area (Å²) in [5.41, 5.74) is 5.31. The van der Waals surface area contributed by atoms with E-state index in [0.717, 1.165) is 51.4 Å². The van der Waals surface area contributed by atoms with Crippen LogP contribution in [0, 0.1) is 0 Å². The van der Waals surface area contributed by atoms with Gasteiger partial charge in [-0.3, -0.25) is 18.6 Å². The molecule has 0 rings (SSSR count). The molecule has 0 amide bonds. The number of carboxylic acid groups (broad SMARTS) is 1. The lowest BCUT2D eigenvalue weighted by atomic mass is 10.1. The summed E-state index contributed by atoms with van der Waals surface area (Å²) in [6.07, 6.45) is 29.7. The zero-order valence-corrected chi connectivity index (χ0v) is 29.1. The van der Waals surface area contributed by atoms with Crippen LogP contribution in [0.2, 0.25) is 0 Å². The van der Waals surface area contributed by atoms with Crippen LogP contribution in [-0.4, -0.2) is 60.5 Å². The molecule has 0 aliphatic heterocycles. The van der Waals surface area contributed by atoms with Gasteiger partial charge >= 0.3 is 19.8 Å². The fraction of sp³-hybridized carbons (Fsp3) is 0.824. The van der Waals surface area contributed by atoms with Gasteiger partial charge in [0.15, 0.2) is 0 Å². The third-order valence-corrected chi connectivity index (χ3v) is 8.18. The van der Waals surface area contributed by atoms with Crippen LogP contribution in [0.3, 0.4) is 0 Å². The van der Waals surface area contributed by atoms with Crippen molar-refractivity contribution in [1.82, 2.24) is 0 Å². The van der Waals surface area contributed by atoms with E-state index in [1.54, 1.807) is 0 Å². The fourth-order valence-corrected chi connectivity index (χ4v) is 5.23. The van der Waals surface area contributed by atoms with E-state index in [0.29, 0.717) is 13.0 Å². The highest BCUT2D eigenvalue weighted by Crippen LogP contribution is 2.43. The van der Waals surface area contributed by atoms with Crippen molar-refractivity contribution >= 4 is 19.8 Å². The van der Waals surface area contributed by atoms with E-state index in [1.807, 2.05) is 0 Å². The molecule has 264 valence electrons. The van der Waals surface area contributed by atoms with Gasteiger partial charge < -0.3 is 25.2 Å². The van der Waals surface area contributed by atoms with Crippen molar-refractivity contribution in [3.63, 3.8) is 0 Å². The molecule has 10 nitrogen and oxygen atoms in total. The number of carbonyl (C=O) groups excluding carboxylic acids is 1. The van der Waals surface area contributed by atoms with Crippen LogP contribution in [0.1, 0.15) is 142 Å². The van der Waals surface area contributed by atoms with E-state index in [4.69, 9.17) is 24.8 Å². The molecule has 0 saturated carbocycles. The number of unbranched alkanes of at least 4 members (excludes halogenated alkanes) is 15. The van der Waals surface area contributed by atoms with Crippen molar-refractivity contribution in [3.8, 4) is 0 Å². The number of carbonyl (C=O) groups is 2. The summed E-state index contributed by atoms with van der Waals surface area (Å²) in [7, 11) is -4.60. The molecule has 11 heteroatoms. The molecule has 0 spiro atoms. The summed E-state index contributed by atoms with van der Waals surface area (Å²) in [6, 6.07) is -1.47. The molecular weight excluding hydrogens is 597 g/mol. The predicted molar refractivity (Wildman–Crippen MR) is 180 cm³/mol. The molecule has 0 aromatic heterocycles. The van der Waals surface area contributed by atoms with Gasteiger partial charge in [-0.15, -0.1) is 0 Å². The molecule has 0 aromatic carbocycles. The average Bonchev–Trinajstić information content (AvgIpc) is 3.01. The van der Waals surface area contributed by atoms with Crippen LogP contribution in [0.25, 0.3) is 0 Å². The maximum Gasteiger partial charge on any atom is 0.472 e. The van der Waals surface area contributed by atoms with Gasteiger partial charge in [0, 0.05) is 13.0 Å². The molecule has 0 saturated heterocycles. The fourth-order valence-electron chi connectivity index (χ4n) is 4.45. The van der Waals surface area contributed by atoms with Crippen molar-refractivity contribution < 1.29 is 42.7 Å². The third-order valence-electron chi connectivity index (χ3n) is 7.23. The zero-order valence-electron chi connectivity index (χ0n) is 28.2. The Balaban J connectivity index is 4.27. The quantitative estimate of drug-likeness (QED) is 0.0270. The topological polar surface area (TPSA) is 155 Å². The lowest BCUT2D eigenvalue weighted by Crippen LogP contribution is -2.34. The first-order valence-electron chi connectivity index (χ1n) is 17.4. The molecule has 0 aliphatic carbocycles. The van der Waals surface area contributed by atoms with Gasteiger partial charge in [0.1, 0.15) is 12.1 Å². The molecule has 45 heavy (non-hydrogen) atoms. The van der Waals surface area contributed by atoms with Gasteiger partial charge in [-0.2, -0.15) is 0 Å². The van der Waals surface area contributed by atoms with Crippen molar-refractivity contribution in [2.75, 3.05) is 26.4 Å². The summed E-state index contributed by atoms with van der Waals surface area (Å²) in [4.78, 5) is 33.1. The van der Waals surface area contributed by atoms with Crippen molar-refractivity contribution in [1.29, 1.82) is 0 Å². The van der Waals surface area contributed by atoms with Crippen LogP contribution >= 0.6 is 7.82 Å². The SMILES string of the molecule is CCCCC/C=C\C/C=C\CCCCCCCCOCC(COP(=O)(O)OCC(N)C(=O)O)OC(=O)CCCCCCCCC. The lowest BCUT2D eigenvalue weighted by Gasteiger charge is -2.20. The van der Waals surface area contributed by atoms with Crippen molar-refractivity contribution in [2.24, 2.45) is 5.73 Å². The minimum atomic E-state index is -4.60. The monoisotopic (exact) mass is 661 g/mol. The number of hydrogen-bond acceptors (Lipinski definition) is 8. The second-order valence-electron chi connectivity index (χ2n) is 11.6. The summed E-state index contributed by atoms with van der Waals surface area (Å²) >= 11 is 0. The van der Waals surface area contributed by atoms with E-state index in [-0.39, 0.29) is 13.0 Å². The molecule has 0 radical (unpaired) electrons. The standard InChI is InChI=1S/C34H64NO9P/c1-3-5-7-9-11-12-13-14-15-16-17-18-19-21-23-25-27-41-28-31(29-42-45(39,40)43-30-32(35)34(37)38)44-33(36)26-24-22-20-10-8-6-4-2/h11-12,14-15,31-32H,3-10,13,16-30,35H2,1-2H3,(H,37,38)(H,39,40)/b12-11-,15-14-. The average molecular weight is 662 g/mol. The van der Waals surface area contributed by atoms with E-state index in [9.17, 15) is 19.0 Å². The second-order valence-corrected chi connectivity index (χ2v) is 13.1. The maximum absolute atomic E-state index is 12.4. The number of nitrogens with two attached hydrogens (primary N) is 1. The molecular formula is C34H64NO9P. The van der Waals surface area contributed by atoms with E-state index >= 15 is 0 Å². The van der Waals surface area contributed by atoms with E-state index in [1.165, 1.54) is 64.2 Å². The van der Waals surface area contributed by atoms with Crippen molar-refractivity contribution in [3.05, 3.63) is 24.3 Å².